The van der Waals surface area contributed by atoms with Gasteiger partial charge < -0.3 is 9.64 Å². The molecule has 1 aliphatic rings. The molecule has 0 aromatic heterocycles. The summed E-state index contributed by atoms with van der Waals surface area (Å²) in [5, 5.41) is 0.589. The average Bonchev–Trinajstić information content (AvgIpc) is 3.10. The number of likely N-dealkylation sites (tertiary alicyclic amines) is 1. The largest absolute Gasteiger partial charge is 0.495 e. The Hall–Kier alpha value is -2.00. The first kappa shape index (κ1) is 17.8. The van der Waals surface area contributed by atoms with Crippen molar-refractivity contribution in [2.45, 2.75) is 38.6 Å². The standard InChI is InChI=1S/C21H24ClNO2/c1-15-6-3-4-7-17(15)19-8-5-13-23(19)21(24)12-10-16-9-11-20(25-2)18(22)14-16/h3-4,6-7,9,11,14,19H,5,8,10,12-13H2,1-2H3. The third-order valence-electron chi connectivity index (χ3n) is 4.96. The minimum absolute atomic E-state index is 0.216. The monoisotopic (exact) mass is 357 g/mol. The van der Waals surface area contributed by atoms with Gasteiger partial charge in [0.2, 0.25) is 5.91 Å². The molecule has 3 rings (SSSR count). The zero-order valence-corrected chi connectivity index (χ0v) is 15.6. The maximum absolute atomic E-state index is 12.8. The van der Waals surface area contributed by atoms with Crippen molar-refractivity contribution in [1.29, 1.82) is 0 Å². The number of aryl methyl sites for hydroxylation is 2. The highest BCUT2D eigenvalue weighted by molar-refractivity contribution is 6.32. The Morgan fingerprint density at radius 3 is 2.80 bits per heavy atom. The number of hydrogen-bond acceptors (Lipinski definition) is 2. The number of ether oxygens (including phenoxy) is 1. The summed E-state index contributed by atoms with van der Waals surface area (Å²) in [4.78, 5) is 14.8. The molecule has 1 atom stereocenters. The Morgan fingerprint density at radius 1 is 1.28 bits per heavy atom. The fraction of sp³-hybridized carbons (Fsp3) is 0.381. The lowest BCUT2D eigenvalue weighted by Gasteiger charge is -2.26. The fourth-order valence-corrected chi connectivity index (χ4v) is 3.89. The first-order valence-electron chi connectivity index (χ1n) is 8.77. The molecule has 1 heterocycles. The van der Waals surface area contributed by atoms with Crippen LogP contribution in [-0.2, 0) is 11.2 Å². The maximum Gasteiger partial charge on any atom is 0.223 e. The van der Waals surface area contributed by atoms with E-state index in [1.165, 1.54) is 11.1 Å². The fourth-order valence-electron chi connectivity index (χ4n) is 3.61. The second kappa shape index (κ2) is 7.92. The molecule has 0 bridgehead atoms. The van der Waals surface area contributed by atoms with Crippen molar-refractivity contribution >= 4 is 17.5 Å². The summed E-state index contributed by atoms with van der Waals surface area (Å²) >= 11 is 6.17. The van der Waals surface area contributed by atoms with Crippen LogP contribution in [-0.4, -0.2) is 24.5 Å². The van der Waals surface area contributed by atoms with Crippen LogP contribution in [0.4, 0.5) is 0 Å². The number of rotatable bonds is 5. The molecular weight excluding hydrogens is 334 g/mol. The maximum atomic E-state index is 12.8. The summed E-state index contributed by atoms with van der Waals surface area (Å²) in [5.74, 6) is 0.883. The van der Waals surface area contributed by atoms with Crippen LogP contribution in [0.1, 0.15) is 42.0 Å². The van der Waals surface area contributed by atoms with Gasteiger partial charge in [-0.3, -0.25) is 4.79 Å². The van der Waals surface area contributed by atoms with Crippen LogP contribution in [0.3, 0.4) is 0 Å². The number of benzene rings is 2. The molecule has 25 heavy (non-hydrogen) atoms. The SMILES string of the molecule is COc1ccc(CCC(=O)N2CCCC2c2ccccc2C)cc1Cl. The smallest absolute Gasteiger partial charge is 0.223 e. The Bertz CT molecular complexity index is 759. The average molecular weight is 358 g/mol. The van der Waals surface area contributed by atoms with Gasteiger partial charge in [0.15, 0.2) is 0 Å². The number of halogens is 1. The van der Waals surface area contributed by atoms with Crippen LogP contribution in [0, 0.1) is 6.92 Å². The molecule has 0 spiro atoms. The van der Waals surface area contributed by atoms with Gasteiger partial charge in [-0.2, -0.15) is 0 Å². The van der Waals surface area contributed by atoms with E-state index in [1.54, 1.807) is 7.11 Å². The van der Waals surface area contributed by atoms with Gasteiger partial charge in [0.25, 0.3) is 0 Å². The first-order chi connectivity index (χ1) is 12.1. The third kappa shape index (κ3) is 3.98. The summed E-state index contributed by atoms with van der Waals surface area (Å²) in [6, 6.07) is 14.3. The van der Waals surface area contributed by atoms with Gasteiger partial charge in [0, 0.05) is 13.0 Å². The zero-order chi connectivity index (χ0) is 17.8. The lowest BCUT2D eigenvalue weighted by atomic mass is 9.99. The minimum atomic E-state index is 0.216. The molecule has 1 unspecified atom stereocenters. The zero-order valence-electron chi connectivity index (χ0n) is 14.8. The van der Waals surface area contributed by atoms with Gasteiger partial charge >= 0.3 is 0 Å². The van der Waals surface area contributed by atoms with Gasteiger partial charge in [-0.15, -0.1) is 0 Å². The first-order valence-corrected chi connectivity index (χ1v) is 9.15. The van der Waals surface area contributed by atoms with E-state index in [0.29, 0.717) is 23.6 Å². The third-order valence-corrected chi connectivity index (χ3v) is 5.26. The van der Waals surface area contributed by atoms with Crippen molar-refractivity contribution in [1.82, 2.24) is 4.90 Å². The second-order valence-electron chi connectivity index (χ2n) is 6.57. The molecule has 0 radical (unpaired) electrons. The van der Waals surface area contributed by atoms with Gasteiger partial charge in [-0.1, -0.05) is 41.9 Å². The van der Waals surface area contributed by atoms with E-state index in [0.717, 1.165) is 24.9 Å². The summed E-state index contributed by atoms with van der Waals surface area (Å²) in [6.45, 7) is 2.97. The summed E-state index contributed by atoms with van der Waals surface area (Å²) < 4.78 is 5.17. The van der Waals surface area contributed by atoms with Crippen molar-refractivity contribution in [2.75, 3.05) is 13.7 Å². The quantitative estimate of drug-likeness (QED) is 0.757. The van der Waals surface area contributed by atoms with E-state index in [-0.39, 0.29) is 11.9 Å². The van der Waals surface area contributed by atoms with Crippen LogP contribution >= 0.6 is 11.6 Å². The van der Waals surface area contributed by atoms with Crippen molar-refractivity contribution < 1.29 is 9.53 Å². The van der Waals surface area contributed by atoms with Crippen molar-refractivity contribution in [3.63, 3.8) is 0 Å². The summed E-state index contributed by atoms with van der Waals surface area (Å²) in [6.07, 6.45) is 3.31. The second-order valence-corrected chi connectivity index (χ2v) is 6.98. The molecule has 1 fully saturated rings. The highest BCUT2D eigenvalue weighted by Crippen LogP contribution is 2.34. The summed E-state index contributed by atoms with van der Waals surface area (Å²) in [5.41, 5.74) is 3.60. The Morgan fingerprint density at radius 2 is 2.08 bits per heavy atom. The van der Waals surface area contributed by atoms with Crippen molar-refractivity contribution in [3.05, 3.63) is 64.2 Å². The van der Waals surface area contributed by atoms with Crippen LogP contribution in [0.2, 0.25) is 5.02 Å². The number of carbonyl (C=O) groups excluding carboxylic acids is 1. The molecule has 2 aromatic rings. The predicted octanol–water partition coefficient (Wildman–Crippen LogP) is 4.95. The Kier molecular flexibility index (Phi) is 5.64. The molecular formula is C21H24ClNO2. The number of amides is 1. The molecule has 4 heteroatoms. The van der Waals surface area contributed by atoms with Gasteiger partial charge in [-0.05, 0) is 55.0 Å². The van der Waals surface area contributed by atoms with Crippen LogP contribution < -0.4 is 4.74 Å². The molecule has 0 aliphatic carbocycles. The predicted molar refractivity (Wildman–Crippen MR) is 101 cm³/mol. The Balaban J connectivity index is 1.66. The van der Waals surface area contributed by atoms with E-state index in [9.17, 15) is 4.79 Å². The topological polar surface area (TPSA) is 29.5 Å². The van der Waals surface area contributed by atoms with Gasteiger partial charge in [-0.25, -0.2) is 0 Å². The highest BCUT2D eigenvalue weighted by Gasteiger charge is 2.30. The van der Waals surface area contributed by atoms with Crippen LogP contribution in [0.15, 0.2) is 42.5 Å². The minimum Gasteiger partial charge on any atom is -0.495 e. The van der Waals surface area contributed by atoms with Crippen LogP contribution in [0.25, 0.3) is 0 Å². The lowest BCUT2D eigenvalue weighted by Crippen LogP contribution is -2.31. The Labute approximate surface area is 154 Å². The molecule has 132 valence electrons. The van der Waals surface area contributed by atoms with Gasteiger partial charge in [0.05, 0.1) is 18.2 Å². The molecule has 3 nitrogen and oxygen atoms in total. The number of nitrogens with zero attached hydrogens (tertiary/aromatic N) is 1. The lowest BCUT2D eigenvalue weighted by molar-refractivity contribution is -0.132. The number of carbonyl (C=O) groups is 1. The van der Waals surface area contributed by atoms with E-state index in [1.807, 2.05) is 29.2 Å². The molecule has 0 saturated carbocycles. The number of hydrogen-bond donors (Lipinski definition) is 0. The highest BCUT2D eigenvalue weighted by atomic mass is 35.5. The van der Waals surface area contributed by atoms with Gasteiger partial charge in [0.1, 0.15) is 5.75 Å². The van der Waals surface area contributed by atoms with E-state index < -0.39 is 0 Å². The van der Waals surface area contributed by atoms with E-state index >= 15 is 0 Å². The molecule has 0 N–H and O–H groups in total. The molecule has 1 saturated heterocycles. The number of methoxy groups -OCH3 is 1. The van der Waals surface area contributed by atoms with Crippen molar-refractivity contribution in [3.8, 4) is 5.75 Å². The summed E-state index contributed by atoms with van der Waals surface area (Å²) in [7, 11) is 1.60. The molecule has 1 aliphatic heterocycles. The molecule has 1 amide bonds. The van der Waals surface area contributed by atoms with E-state index in [4.69, 9.17) is 16.3 Å². The van der Waals surface area contributed by atoms with E-state index in [2.05, 4.69) is 25.1 Å². The molecule has 2 aromatic carbocycles. The normalized spacial score (nSPS) is 16.9. The van der Waals surface area contributed by atoms with Crippen molar-refractivity contribution in [2.24, 2.45) is 0 Å². The van der Waals surface area contributed by atoms with Crippen LogP contribution in [0.5, 0.6) is 5.75 Å².